The predicted molar refractivity (Wildman–Crippen MR) is 79.1 cm³/mol. The van der Waals surface area contributed by atoms with Crippen molar-refractivity contribution in [2.45, 2.75) is 32.4 Å². The minimum Gasteiger partial charge on any atom is -0.345 e. The van der Waals surface area contributed by atoms with Crippen molar-refractivity contribution < 1.29 is 14.1 Å². The molecular weight excluding hydrogens is 298 g/mol. The third-order valence-electron chi connectivity index (χ3n) is 3.77. The first-order chi connectivity index (χ1) is 11.2. The van der Waals surface area contributed by atoms with Gasteiger partial charge in [-0.2, -0.15) is 4.98 Å². The molecule has 23 heavy (non-hydrogen) atoms. The quantitative estimate of drug-likeness (QED) is 0.886. The van der Waals surface area contributed by atoms with Crippen molar-refractivity contribution in [1.82, 2.24) is 25.3 Å². The molecule has 0 aromatic carbocycles. The summed E-state index contributed by atoms with van der Waals surface area (Å²) in [4.78, 5) is 33.6. The Morgan fingerprint density at radius 2 is 2.39 bits per heavy atom. The van der Waals surface area contributed by atoms with E-state index in [0.29, 0.717) is 36.7 Å². The van der Waals surface area contributed by atoms with Gasteiger partial charge in [0.2, 0.25) is 11.8 Å². The van der Waals surface area contributed by atoms with Crippen LogP contribution in [0.3, 0.4) is 0 Å². The average Bonchev–Trinajstić information content (AvgIpc) is 3.19. The Bertz CT molecular complexity index is 700. The maximum atomic E-state index is 11.9. The molecule has 0 unspecified atom stereocenters. The summed E-state index contributed by atoms with van der Waals surface area (Å²) in [6.45, 7) is 2.69. The lowest BCUT2D eigenvalue weighted by Crippen LogP contribution is -2.27. The number of nitrogens with zero attached hydrogens (tertiary/aromatic N) is 4. The van der Waals surface area contributed by atoms with Gasteiger partial charge in [0.25, 0.3) is 5.91 Å². The Balaban J connectivity index is 1.62. The normalized spacial score (nSPS) is 17.5. The molecule has 0 saturated carbocycles. The van der Waals surface area contributed by atoms with Gasteiger partial charge in [0.1, 0.15) is 6.04 Å². The molecule has 1 fully saturated rings. The number of pyridine rings is 1. The molecular formula is C15H17N5O3. The van der Waals surface area contributed by atoms with Gasteiger partial charge in [-0.1, -0.05) is 5.16 Å². The molecule has 2 aromatic heterocycles. The van der Waals surface area contributed by atoms with Gasteiger partial charge in [-0.05, 0) is 25.5 Å². The maximum absolute atomic E-state index is 11.9. The van der Waals surface area contributed by atoms with Gasteiger partial charge < -0.3 is 14.7 Å². The second-order valence-corrected chi connectivity index (χ2v) is 5.21. The molecule has 1 saturated heterocycles. The van der Waals surface area contributed by atoms with E-state index < -0.39 is 0 Å². The first kappa shape index (κ1) is 15.1. The monoisotopic (exact) mass is 315 g/mol. The number of carbonyl (C=O) groups excluding carboxylic acids is 2. The van der Waals surface area contributed by atoms with Crippen molar-refractivity contribution in [2.75, 3.05) is 6.54 Å². The van der Waals surface area contributed by atoms with Crippen LogP contribution in [0.2, 0.25) is 0 Å². The lowest BCUT2D eigenvalue weighted by atomic mass is 10.2. The zero-order valence-electron chi connectivity index (χ0n) is 12.7. The lowest BCUT2D eigenvalue weighted by molar-refractivity contribution is -0.129. The Morgan fingerprint density at radius 1 is 1.52 bits per heavy atom. The molecule has 1 aliphatic rings. The van der Waals surface area contributed by atoms with E-state index in [0.717, 1.165) is 0 Å². The highest BCUT2D eigenvalue weighted by molar-refractivity contribution is 5.93. The second-order valence-electron chi connectivity index (χ2n) is 5.21. The maximum Gasteiger partial charge on any atom is 0.253 e. The second kappa shape index (κ2) is 6.55. The summed E-state index contributed by atoms with van der Waals surface area (Å²) < 4.78 is 5.25. The van der Waals surface area contributed by atoms with E-state index in [1.54, 1.807) is 23.2 Å². The Labute approximate surface area is 132 Å². The molecule has 2 aromatic rings. The number of amides is 2. The van der Waals surface area contributed by atoms with Gasteiger partial charge in [-0.25, -0.2) is 0 Å². The van der Waals surface area contributed by atoms with Crippen molar-refractivity contribution >= 4 is 11.8 Å². The molecule has 0 spiro atoms. The standard InChI is InChI=1S/C15H17N5O3/c1-2-20-11(5-6-13(20)21)15-18-12(19-23-15)9-17-14(22)10-4-3-7-16-8-10/h3-4,7-8,11H,2,5-6,9H2,1H3,(H,17,22)/t11-/m0/s1. The van der Waals surface area contributed by atoms with Crippen LogP contribution < -0.4 is 5.32 Å². The van der Waals surface area contributed by atoms with E-state index in [1.807, 2.05) is 6.92 Å². The summed E-state index contributed by atoms with van der Waals surface area (Å²) >= 11 is 0. The van der Waals surface area contributed by atoms with Gasteiger partial charge in [0, 0.05) is 25.4 Å². The first-order valence-corrected chi connectivity index (χ1v) is 7.49. The molecule has 120 valence electrons. The fourth-order valence-electron chi connectivity index (χ4n) is 2.62. The van der Waals surface area contributed by atoms with Crippen LogP contribution in [0.4, 0.5) is 0 Å². The van der Waals surface area contributed by atoms with E-state index in [4.69, 9.17) is 4.52 Å². The number of aromatic nitrogens is 3. The van der Waals surface area contributed by atoms with Crippen molar-refractivity contribution in [1.29, 1.82) is 0 Å². The van der Waals surface area contributed by atoms with Crippen LogP contribution in [-0.2, 0) is 11.3 Å². The van der Waals surface area contributed by atoms with Gasteiger partial charge in [-0.3, -0.25) is 14.6 Å². The van der Waals surface area contributed by atoms with E-state index in [9.17, 15) is 9.59 Å². The Hall–Kier alpha value is -2.77. The summed E-state index contributed by atoms with van der Waals surface area (Å²) in [6.07, 6.45) is 4.26. The molecule has 1 aliphatic heterocycles. The van der Waals surface area contributed by atoms with Crippen LogP contribution in [0.25, 0.3) is 0 Å². The fourth-order valence-corrected chi connectivity index (χ4v) is 2.62. The number of nitrogens with one attached hydrogen (secondary N) is 1. The number of hydrogen-bond acceptors (Lipinski definition) is 6. The summed E-state index contributed by atoms with van der Waals surface area (Å²) in [5.74, 6) is 0.647. The third kappa shape index (κ3) is 3.20. The first-order valence-electron chi connectivity index (χ1n) is 7.49. The summed E-state index contributed by atoms with van der Waals surface area (Å²) in [7, 11) is 0. The molecule has 3 rings (SSSR count). The predicted octanol–water partition coefficient (Wildman–Crippen LogP) is 1.08. The molecule has 3 heterocycles. The molecule has 1 N–H and O–H groups in total. The van der Waals surface area contributed by atoms with Crippen LogP contribution in [0, 0.1) is 0 Å². The molecule has 8 nitrogen and oxygen atoms in total. The molecule has 0 bridgehead atoms. The van der Waals surface area contributed by atoms with Crippen molar-refractivity contribution in [3.05, 3.63) is 41.8 Å². The van der Waals surface area contributed by atoms with Crippen LogP contribution in [-0.4, -0.2) is 38.4 Å². The topological polar surface area (TPSA) is 101 Å². The minimum atomic E-state index is -0.254. The van der Waals surface area contributed by atoms with E-state index >= 15 is 0 Å². The fraction of sp³-hybridized carbons (Fsp3) is 0.400. The molecule has 8 heteroatoms. The summed E-state index contributed by atoms with van der Waals surface area (Å²) in [6, 6.07) is 3.20. The van der Waals surface area contributed by atoms with E-state index in [2.05, 4.69) is 20.4 Å². The molecule has 1 atom stereocenters. The largest absolute Gasteiger partial charge is 0.345 e. The smallest absolute Gasteiger partial charge is 0.253 e. The van der Waals surface area contributed by atoms with Gasteiger partial charge >= 0.3 is 0 Å². The van der Waals surface area contributed by atoms with Crippen LogP contribution >= 0.6 is 0 Å². The van der Waals surface area contributed by atoms with Gasteiger partial charge in [0.05, 0.1) is 12.1 Å². The zero-order valence-corrected chi connectivity index (χ0v) is 12.7. The van der Waals surface area contributed by atoms with Crippen LogP contribution in [0.5, 0.6) is 0 Å². The van der Waals surface area contributed by atoms with Gasteiger partial charge in [-0.15, -0.1) is 0 Å². The van der Waals surface area contributed by atoms with Crippen LogP contribution in [0.15, 0.2) is 29.0 Å². The SMILES string of the molecule is CCN1C(=O)CC[C@H]1c1nc(CNC(=O)c2cccnc2)no1. The summed E-state index contributed by atoms with van der Waals surface area (Å²) in [5, 5.41) is 6.57. The average molecular weight is 315 g/mol. The minimum absolute atomic E-state index is 0.0992. The van der Waals surface area contributed by atoms with Gasteiger partial charge in [0.15, 0.2) is 5.82 Å². The number of carbonyl (C=O) groups is 2. The number of hydrogen-bond donors (Lipinski definition) is 1. The Morgan fingerprint density at radius 3 is 3.13 bits per heavy atom. The third-order valence-corrected chi connectivity index (χ3v) is 3.77. The number of rotatable bonds is 5. The molecule has 0 radical (unpaired) electrons. The van der Waals surface area contributed by atoms with E-state index in [1.165, 1.54) is 6.20 Å². The van der Waals surface area contributed by atoms with Crippen molar-refractivity contribution in [3.63, 3.8) is 0 Å². The van der Waals surface area contributed by atoms with E-state index in [-0.39, 0.29) is 24.4 Å². The lowest BCUT2D eigenvalue weighted by Gasteiger charge is -2.19. The highest BCUT2D eigenvalue weighted by Gasteiger charge is 2.34. The highest BCUT2D eigenvalue weighted by Crippen LogP contribution is 2.31. The summed E-state index contributed by atoms with van der Waals surface area (Å²) in [5.41, 5.74) is 0.467. The zero-order chi connectivity index (χ0) is 16.2. The van der Waals surface area contributed by atoms with Crippen molar-refractivity contribution in [3.8, 4) is 0 Å². The molecule has 2 amide bonds. The molecule has 0 aliphatic carbocycles. The highest BCUT2D eigenvalue weighted by atomic mass is 16.5. The van der Waals surface area contributed by atoms with Crippen molar-refractivity contribution in [2.24, 2.45) is 0 Å². The van der Waals surface area contributed by atoms with Crippen LogP contribution in [0.1, 0.15) is 47.9 Å². The number of likely N-dealkylation sites (tertiary alicyclic amines) is 1. The Kier molecular flexibility index (Phi) is 4.31.